The predicted octanol–water partition coefficient (Wildman–Crippen LogP) is 2.25. The predicted molar refractivity (Wildman–Crippen MR) is 68.9 cm³/mol. The Balaban J connectivity index is 1.96. The average molecular weight is 228 g/mol. The molecule has 0 saturated carbocycles. The van der Waals surface area contributed by atoms with Gasteiger partial charge in [0.25, 0.3) is 0 Å². The molecule has 0 aliphatic rings. The highest BCUT2D eigenvalue weighted by Crippen LogP contribution is 2.09. The minimum atomic E-state index is 0.681. The normalized spacial score (nSPS) is 10.4. The molecule has 2 heterocycles. The molecule has 4 nitrogen and oxygen atoms in total. The number of hydrogen-bond acceptors (Lipinski definition) is 3. The minimum absolute atomic E-state index is 0.681. The number of anilines is 1. The van der Waals surface area contributed by atoms with Crippen LogP contribution in [0.5, 0.6) is 0 Å². The molecule has 0 aromatic carbocycles. The number of nitrogens with one attached hydrogen (secondary N) is 1. The van der Waals surface area contributed by atoms with Gasteiger partial charge < -0.3 is 5.32 Å². The van der Waals surface area contributed by atoms with Gasteiger partial charge in [-0.25, -0.2) is 4.52 Å². The maximum atomic E-state index is 5.19. The van der Waals surface area contributed by atoms with E-state index in [9.17, 15) is 0 Å². The van der Waals surface area contributed by atoms with Crippen molar-refractivity contribution in [3.8, 4) is 12.3 Å². The van der Waals surface area contributed by atoms with Crippen molar-refractivity contribution in [3.63, 3.8) is 0 Å². The quantitative estimate of drug-likeness (QED) is 0.630. The molecule has 2 rings (SSSR count). The zero-order valence-electron chi connectivity index (χ0n) is 9.98. The summed E-state index contributed by atoms with van der Waals surface area (Å²) in [6, 6.07) is 3.99. The number of hydrogen-bond donors (Lipinski definition) is 1. The Hall–Kier alpha value is -2.02. The molecular weight excluding hydrogens is 212 g/mol. The third kappa shape index (κ3) is 2.76. The molecule has 2 aromatic rings. The van der Waals surface area contributed by atoms with Crippen LogP contribution in [0.3, 0.4) is 0 Å². The first-order valence-electron chi connectivity index (χ1n) is 5.80. The van der Waals surface area contributed by atoms with Crippen LogP contribution in [0, 0.1) is 19.3 Å². The number of unbranched alkanes of at least 4 members (excludes halogenated alkanes) is 2. The van der Waals surface area contributed by atoms with Gasteiger partial charge in [-0.1, -0.05) is 6.07 Å². The largest absolute Gasteiger partial charge is 0.353 e. The van der Waals surface area contributed by atoms with E-state index in [0.717, 1.165) is 37.0 Å². The molecule has 17 heavy (non-hydrogen) atoms. The van der Waals surface area contributed by atoms with Gasteiger partial charge in [-0.2, -0.15) is 4.98 Å². The van der Waals surface area contributed by atoms with E-state index in [1.165, 1.54) is 0 Å². The van der Waals surface area contributed by atoms with Crippen molar-refractivity contribution in [1.82, 2.24) is 14.6 Å². The van der Waals surface area contributed by atoms with Crippen LogP contribution in [0.1, 0.15) is 24.8 Å². The summed E-state index contributed by atoms with van der Waals surface area (Å²) < 4.78 is 1.79. The van der Waals surface area contributed by atoms with E-state index in [0.29, 0.717) is 5.95 Å². The van der Waals surface area contributed by atoms with Gasteiger partial charge in [0.1, 0.15) is 0 Å². The molecule has 0 aliphatic carbocycles. The van der Waals surface area contributed by atoms with Crippen LogP contribution in [-0.4, -0.2) is 21.1 Å². The second kappa shape index (κ2) is 5.35. The van der Waals surface area contributed by atoms with Gasteiger partial charge in [-0.15, -0.1) is 17.4 Å². The van der Waals surface area contributed by atoms with Gasteiger partial charge in [-0.3, -0.25) is 0 Å². The van der Waals surface area contributed by atoms with Crippen LogP contribution < -0.4 is 5.32 Å². The Morgan fingerprint density at radius 1 is 1.47 bits per heavy atom. The summed E-state index contributed by atoms with van der Waals surface area (Å²) >= 11 is 0. The molecule has 1 N–H and O–H groups in total. The highest BCUT2D eigenvalue weighted by atomic mass is 15.3. The number of aromatic nitrogens is 3. The molecule has 0 fully saturated rings. The van der Waals surface area contributed by atoms with Crippen LogP contribution in [0.15, 0.2) is 18.3 Å². The molecule has 4 heteroatoms. The summed E-state index contributed by atoms with van der Waals surface area (Å²) in [6.45, 7) is 2.89. The Bertz CT molecular complexity index is 536. The molecule has 2 aromatic heterocycles. The van der Waals surface area contributed by atoms with Crippen LogP contribution >= 0.6 is 0 Å². The number of terminal acetylenes is 1. The Labute approximate surface area is 101 Å². The standard InChI is InChI=1S/C13H16N4/c1-3-4-5-6-9-14-13-15-12-11(2)8-7-10-17(12)16-13/h1,7-8,10H,4-6,9H2,2H3,(H,14,16). The molecule has 0 spiro atoms. The minimum Gasteiger partial charge on any atom is -0.353 e. The SMILES string of the molecule is C#CCCCCNc1nc2c(C)cccn2n1. The molecule has 0 amide bonds. The van der Waals surface area contributed by atoms with Crippen LogP contribution in [0.4, 0.5) is 5.95 Å². The second-order valence-electron chi connectivity index (χ2n) is 3.98. The number of aryl methyl sites for hydroxylation is 1. The fraction of sp³-hybridized carbons (Fsp3) is 0.385. The maximum Gasteiger partial charge on any atom is 0.243 e. The summed E-state index contributed by atoms with van der Waals surface area (Å²) in [5.41, 5.74) is 2.03. The van der Waals surface area contributed by atoms with Crippen molar-refractivity contribution in [1.29, 1.82) is 0 Å². The van der Waals surface area contributed by atoms with E-state index in [2.05, 4.69) is 21.3 Å². The van der Waals surface area contributed by atoms with Crippen LogP contribution in [0.25, 0.3) is 5.65 Å². The zero-order valence-corrected chi connectivity index (χ0v) is 9.98. The van der Waals surface area contributed by atoms with Crippen molar-refractivity contribution in [2.75, 3.05) is 11.9 Å². The van der Waals surface area contributed by atoms with E-state index < -0.39 is 0 Å². The summed E-state index contributed by atoms with van der Waals surface area (Å²) in [7, 11) is 0. The van der Waals surface area contributed by atoms with E-state index in [1.54, 1.807) is 4.52 Å². The second-order valence-corrected chi connectivity index (χ2v) is 3.98. The molecular formula is C13H16N4. The molecule has 0 saturated heterocycles. The Morgan fingerprint density at radius 3 is 3.12 bits per heavy atom. The zero-order chi connectivity index (χ0) is 12.1. The van der Waals surface area contributed by atoms with Crippen molar-refractivity contribution >= 4 is 11.6 Å². The lowest BCUT2D eigenvalue weighted by Crippen LogP contribution is -2.02. The van der Waals surface area contributed by atoms with E-state index in [1.807, 2.05) is 25.3 Å². The molecule has 0 bridgehead atoms. The summed E-state index contributed by atoms with van der Waals surface area (Å²) in [6.07, 6.45) is 10.0. The first-order chi connectivity index (χ1) is 8.31. The average Bonchev–Trinajstić information content (AvgIpc) is 2.73. The van der Waals surface area contributed by atoms with E-state index >= 15 is 0 Å². The third-order valence-electron chi connectivity index (χ3n) is 2.59. The lowest BCUT2D eigenvalue weighted by molar-refractivity contribution is 0.783. The van der Waals surface area contributed by atoms with Gasteiger partial charge in [0.05, 0.1) is 0 Å². The number of rotatable bonds is 5. The lowest BCUT2D eigenvalue weighted by atomic mass is 10.2. The summed E-state index contributed by atoms with van der Waals surface area (Å²) in [4.78, 5) is 4.43. The number of pyridine rings is 1. The Kier molecular flexibility index (Phi) is 3.61. The fourth-order valence-electron chi connectivity index (χ4n) is 1.67. The highest BCUT2D eigenvalue weighted by molar-refractivity contribution is 5.49. The maximum absolute atomic E-state index is 5.19. The number of nitrogens with zero attached hydrogens (tertiary/aromatic N) is 3. The van der Waals surface area contributed by atoms with Crippen LogP contribution in [0.2, 0.25) is 0 Å². The first kappa shape index (κ1) is 11.5. The monoisotopic (exact) mass is 228 g/mol. The molecule has 0 atom stereocenters. The fourth-order valence-corrected chi connectivity index (χ4v) is 1.67. The topological polar surface area (TPSA) is 42.2 Å². The molecule has 0 aliphatic heterocycles. The van der Waals surface area contributed by atoms with Gasteiger partial charge in [-0.05, 0) is 31.4 Å². The highest BCUT2D eigenvalue weighted by Gasteiger charge is 2.03. The summed E-state index contributed by atoms with van der Waals surface area (Å²) in [5.74, 6) is 3.31. The molecule has 88 valence electrons. The van der Waals surface area contributed by atoms with Gasteiger partial charge in [0.15, 0.2) is 5.65 Å². The smallest absolute Gasteiger partial charge is 0.243 e. The van der Waals surface area contributed by atoms with Crippen molar-refractivity contribution in [2.45, 2.75) is 26.2 Å². The van der Waals surface area contributed by atoms with Crippen LogP contribution in [-0.2, 0) is 0 Å². The van der Waals surface area contributed by atoms with Crippen molar-refractivity contribution in [2.24, 2.45) is 0 Å². The third-order valence-corrected chi connectivity index (χ3v) is 2.59. The van der Waals surface area contributed by atoms with E-state index in [4.69, 9.17) is 6.42 Å². The molecule has 0 radical (unpaired) electrons. The van der Waals surface area contributed by atoms with Gasteiger partial charge in [0.2, 0.25) is 5.95 Å². The Morgan fingerprint density at radius 2 is 2.35 bits per heavy atom. The summed E-state index contributed by atoms with van der Waals surface area (Å²) in [5, 5.41) is 7.55. The lowest BCUT2D eigenvalue weighted by Gasteiger charge is -1.98. The van der Waals surface area contributed by atoms with E-state index in [-0.39, 0.29) is 0 Å². The molecule has 0 unspecified atom stereocenters. The first-order valence-corrected chi connectivity index (χ1v) is 5.80. The van der Waals surface area contributed by atoms with Crippen molar-refractivity contribution in [3.05, 3.63) is 23.9 Å². The van der Waals surface area contributed by atoms with Gasteiger partial charge >= 0.3 is 0 Å². The van der Waals surface area contributed by atoms with Gasteiger partial charge in [0, 0.05) is 19.2 Å². The van der Waals surface area contributed by atoms with Crippen molar-refractivity contribution < 1.29 is 0 Å². The number of fused-ring (bicyclic) bond motifs is 1.